The molecule has 0 saturated heterocycles. The first-order valence-electron chi connectivity index (χ1n) is 4.98. The Morgan fingerprint density at radius 1 is 1.59 bits per heavy atom. The molecule has 0 atom stereocenters. The molecule has 0 aliphatic carbocycles. The van der Waals surface area contributed by atoms with Crippen LogP contribution in [0.5, 0.6) is 0 Å². The van der Waals surface area contributed by atoms with Crippen molar-refractivity contribution < 1.29 is 4.79 Å². The van der Waals surface area contributed by atoms with Gasteiger partial charge in [-0.2, -0.15) is 0 Å². The Labute approximate surface area is 119 Å². The number of hydrogen-bond acceptors (Lipinski definition) is 2. The van der Waals surface area contributed by atoms with Crippen LogP contribution in [0.15, 0.2) is 22.7 Å². The van der Waals surface area contributed by atoms with E-state index in [9.17, 15) is 4.79 Å². The number of carbonyl (C=O) groups excluding carboxylic acids is 1. The zero-order valence-electron chi connectivity index (χ0n) is 9.24. The Kier molecular flexibility index (Phi) is 5.36. The highest BCUT2D eigenvalue weighted by atomic mass is 79.9. The van der Waals surface area contributed by atoms with Crippen molar-refractivity contribution in [3.8, 4) is 0 Å². The van der Waals surface area contributed by atoms with E-state index < -0.39 is 0 Å². The second kappa shape index (κ2) is 6.33. The van der Waals surface area contributed by atoms with Gasteiger partial charge in [-0.25, -0.2) is 0 Å². The molecule has 1 amide bonds. The highest BCUT2D eigenvalue weighted by Gasteiger charge is 2.17. The van der Waals surface area contributed by atoms with Crippen LogP contribution in [0.25, 0.3) is 0 Å². The number of benzene rings is 1. The number of halogens is 2. The first-order chi connectivity index (χ1) is 7.95. The molecule has 3 nitrogen and oxygen atoms in total. The number of carbonyl (C=O) groups is 1. The van der Waals surface area contributed by atoms with Crippen molar-refractivity contribution in [2.24, 2.45) is 5.73 Å². The second-order valence-corrected chi connectivity index (χ2v) is 5.26. The van der Waals surface area contributed by atoms with Crippen LogP contribution in [0.2, 0.25) is 5.02 Å². The molecule has 1 aromatic rings. The lowest BCUT2D eigenvalue weighted by Crippen LogP contribution is -2.37. The van der Waals surface area contributed by atoms with Crippen molar-refractivity contribution in [2.45, 2.75) is 6.92 Å². The summed E-state index contributed by atoms with van der Waals surface area (Å²) in [5.41, 5.74) is 5.90. The van der Waals surface area contributed by atoms with Gasteiger partial charge in [0.1, 0.15) is 0 Å². The van der Waals surface area contributed by atoms with Gasteiger partial charge >= 0.3 is 0 Å². The van der Waals surface area contributed by atoms with Gasteiger partial charge < -0.3 is 10.6 Å². The highest BCUT2D eigenvalue weighted by Crippen LogP contribution is 2.22. The maximum absolute atomic E-state index is 12.2. The van der Waals surface area contributed by atoms with Gasteiger partial charge in [0.25, 0.3) is 5.91 Å². The third-order valence-corrected chi connectivity index (χ3v) is 3.11. The Bertz CT molecular complexity index is 453. The molecule has 0 radical (unpaired) electrons. The maximum Gasteiger partial charge on any atom is 0.255 e. The predicted molar refractivity (Wildman–Crippen MR) is 77.5 cm³/mol. The standard InChI is InChI=1S/C11H12BrClN2OS/c1-2-15(6-10(14)17)11(16)8-4-3-7(12)5-9(8)13/h3-5H,2,6H2,1H3,(H2,14,17). The lowest BCUT2D eigenvalue weighted by atomic mass is 10.2. The summed E-state index contributed by atoms with van der Waals surface area (Å²) >= 11 is 14.1. The van der Waals surface area contributed by atoms with Gasteiger partial charge in [0.2, 0.25) is 0 Å². The van der Waals surface area contributed by atoms with Crippen LogP contribution in [0.3, 0.4) is 0 Å². The molecule has 1 aromatic carbocycles. The van der Waals surface area contributed by atoms with E-state index in [1.165, 1.54) is 0 Å². The average Bonchev–Trinajstić information content (AvgIpc) is 2.24. The lowest BCUT2D eigenvalue weighted by Gasteiger charge is -2.20. The van der Waals surface area contributed by atoms with E-state index in [1.54, 1.807) is 23.1 Å². The van der Waals surface area contributed by atoms with E-state index >= 15 is 0 Å². The van der Waals surface area contributed by atoms with E-state index in [0.29, 0.717) is 17.1 Å². The summed E-state index contributed by atoms with van der Waals surface area (Å²) in [6.07, 6.45) is 0. The van der Waals surface area contributed by atoms with Crippen molar-refractivity contribution in [3.05, 3.63) is 33.3 Å². The van der Waals surface area contributed by atoms with Crippen LogP contribution in [0.4, 0.5) is 0 Å². The third kappa shape index (κ3) is 3.94. The molecule has 92 valence electrons. The Morgan fingerprint density at radius 3 is 2.71 bits per heavy atom. The zero-order valence-corrected chi connectivity index (χ0v) is 12.4. The Morgan fingerprint density at radius 2 is 2.24 bits per heavy atom. The van der Waals surface area contributed by atoms with Crippen molar-refractivity contribution in [1.82, 2.24) is 4.90 Å². The molecule has 0 bridgehead atoms. The molecule has 2 N–H and O–H groups in total. The lowest BCUT2D eigenvalue weighted by molar-refractivity contribution is 0.0788. The molecule has 0 heterocycles. The molecule has 6 heteroatoms. The minimum atomic E-state index is -0.169. The quantitative estimate of drug-likeness (QED) is 0.861. The van der Waals surface area contributed by atoms with Gasteiger partial charge in [-0.15, -0.1) is 0 Å². The van der Waals surface area contributed by atoms with Gasteiger partial charge in [-0.1, -0.05) is 39.7 Å². The van der Waals surface area contributed by atoms with Crippen LogP contribution in [0.1, 0.15) is 17.3 Å². The molecule has 0 fully saturated rings. The summed E-state index contributed by atoms with van der Waals surface area (Å²) in [7, 11) is 0. The first-order valence-corrected chi connectivity index (χ1v) is 6.56. The molecule has 0 aromatic heterocycles. The molecular weight excluding hydrogens is 324 g/mol. The Balaban J connectivity index is 2.97. The largest absolute Gasteiger partial charge is 0.392 e. The minimum Gasteiger partial charge on any atom is -0.392 e. The maximum atomic E-state index is 12.2. The number of rotatable bonds is 4. The summed E-state index contributed by atoms with van der Waals surface area (Å²) in [6, 6.07) is 5.13. The van der Waals surface area contributed by atoms with E-state index in [1.807, 2.05) is 6.92 Å². The SMILES string of the molecule is CCN(CC(N)=S)C(=O)c1ccc(Br)cc1Cl. The van der Waals surface area contributed by atoms with Gasteiger partial charge in [-0.3, -0.25) is 4.79 Å². The summed E-state index contributed by atoms with van der Waals surface area (Å²) in [5.74, 6) is -0.169. The van der Waals surface area contributed by atoms with Gasteiger partial charge in [0.15, 0.2) is 0 Å². The average molecular weight is 336 g/mol. The van der Waals surface area contributed by atoms with Crippen LogP contribution in [-0.2, 0) is 0 Å². The fourth-order valence-electron chi connectivity index (χ4n) is 1.35. The number of hydrogen-bond donors (Lipinski definition) is 1. The van der Waals surface area contributed by atoms with Crippen molar-refractivity contribution in [1.29, 1.82) is 0 Å². The topological polar surface area (TPSA) is 46.3 Å². The van der Waals surface area contributed by atoms with Crippen LogP contribution < -0.4 is 5.73 Å². The number of nitrogens with zero attached hydrogens (tertiary/aromatic N) is 1. The van der Waals surface area contributed by atoms with E-state index in [2.05, 4.69) is 15.9 Å². The molecule has 0 saturated carbocycles. The van der Waals surface area contributed by atoms with Crippen molar-refractivity contribution in [3.63, 3.8) is 0 Å². The smallest absolute Gasteiger partial charge is 0.255 e. The highest BCUT2D eigenvalue weighted by molar-refractivity contribution is 9.10. The second-order valence-electron chi connectivity index (χ2n) is 3.41. The minimum absolute atomic E-state index is 0.169. The van der Waals surface area contributed by atoms with Gasteiger partial charge in [-0.05, 0) is 25.1 Å². The summed E-state index contributed by atoms with van der Waals surface area (Å²) in [6.45, 7) is 2.66. The van der Waals surface area contributed by atoms with Crippen LogP contribution >= 0.6 is 39.7 Å². The number of thiocarbonyl (C=S) groups is 1. The molecule has 0 aliphatic heterocycles. The summed E-state index contributed by atoms with van der Waals surface area (Å²) in [4.78, 5) is 14.0. The monoisotopic (exact) mass is 334 g/mol. The summed E-state index contributed by atoms with van der Waals surface area (Å²) in [5, 5.41) is 0.408. The number of amides is 1. The molecule has 17 heavy (non-hydrogen) atoms. The van der Waals surface area contributed by atoms with Crippen LogP contribution in [-0.4, -0.2) is 28.9 Å². The summed E-state index contributed by atoms with van der Waals surface area (Å²) < 4.78 is 0.830. The van der Waals surface area contributed by atoms with Crippen molar-refractivity contribution in [2.75, 3.05) is 13.1 Å². The normalized spacial score (nSPS) is 10.1. The molecule has 1 rings (SSSR count). The van der Waals surface area contributed by atoms with Gasteiger partial charge in [0, 0.05) is 11.0 Å². The fraction of sp³-hybridized carbons (Fsp3) is 0.273. The Hall–Kier alpha value is -0.650. The first kappa shape index (κ1) is 14.4. The van der Waals surface area contributed by atoms with E-state index in [4.69, 9.17) is 29.6 Å². The number of likely N-dealkylation sites (N-methyl/N-ethyl adjacent to an activating group) is 1. The fourth-order valence-corrected chi connectivity index (χ4v) is 2.26. The number of nitrogens with two attached hydrogens (primary N) is 1. The van der Waals surface area contributed by atoms with Gasteiger partial charge in [0.05, 0.1) is 22.1 Å². The molecule has 0 spiro atoms. The van der Waals surface area contributed by atoms with Crippen molar-refractivity contribution >= 4 is 50.6 Å². The van der Waals surface area contributed by atoms with E-state index in [0.717, 1.165) is 4.47 Å². The molecule has 0 unspecified atom stereocenters. The third-order valence-electron chi connectivity index (χ3n) is 2.18. The molecule has 0 aliphatic rings. The molecular formula is C11H12BrClN2OS. The zero-order chi connectivity index (χ0) is 13.0. The van der Waals surface area contributed by atoms with E-state index in [-0.39, 0.29) is 17.4 Å². The predicted octanol–water partition coefficient (Wildman–Crippen LogP) is 2.85. The van der Waals surface area contributed by atoms with Crippen LogP contribution in [0, 0.1) is 0 Å².